The Bertz CT molecular complexity index is 1600. The third-order valence-electron chi connectivity index (χ3n) is 6.35. The van der Waals surface area contributed by atoms with E-state index in [2.05, 4.69) is 75.4 Å². The quantitative estimate of drug-likeness (QED) is 0.210. The SMILES string of the molecule is C=C/C(=C\C(=C/C)c1ccc2[nH]nc(-c3cc4c(-c5ccc(F)cc5)cncc4[nH]3)c2c1)CNCC. The van der Waals surface area contributed by atoms with Gasteiger partial charge in [-0.1, -0.05) is 49.9 Å². The van der Waals surface area contributed by atoms with E-state index >= 15 is 0 Å². The lowest BCUT2D eigenvalue weighted by molar-refractivity contribution is 0.628. The summed E-state index contributed by atoms with van der Waals surface area (Å²) in [5, 5.41) is 13.2. The maximum Gasteiger partial charge on any atom is 0.123 e. The molecular weight excluding hydrogens is 449 g/mol. The van der Waals surface area contributed by atoms with Crippen LogP contribution in [0.1, 0.15) is 19.4 Å². The zero-order valence-electron chi connectivity index (χ0n) is 20.4. The minimum absolute atomic E-state index is 0.260. The van der Waals surface area contributed by atoms with Crippen LogP contribution in [0.15, 0.2) is 91.3 Å². The van der Waals surface area contributed by atoms with Crippen molar-refractivity contribution in [1.82, 2.24) is 25.5 Å². The van der Waals surface area contributed by atoms with Crippen molar-refractivity contribution in [3.63, 3.8) is 0 Å². The molecule has 0 aliphatic rings. The van der Waals surface area contributed by atoms with E-state index < -0.39 is 0 Å². The van der Waals surface area contributed by atoms with Crippen LogP contribution in [-0.2, 0) is 0 Å². The van der Waals surface area contributed by atoms with Crippen molar-refractivity contribution in [2.24, 2.45) is 0 Å². The lowest BCUT2D eigenvalue weighted by atomic mass is 10.00. The third kappa shape index (κ3) is 4.51. The average Bonchev–Trinajstić information content (AvgIpc) is 3.53. The molecule has 2 aromatic carbocycles. The summed E-state index contributed by atoms with van der Waals surface area (Å²) in [6.07, 6.45) is 9.78. The number of nitrogens with one attached hydrogen (secondary N) is 3. The van der Waals surface area contributed by atoms with Gasteiger partial charge in [0.05, 0.1) is 22.9 Å². The first-order chi connectivity index (χ1) is 17.6. The molecule has 0 aliphatic heterocycles. The Balaban J connectivity index is 1.57. The van der Waals surface area contributed by atoms with Crippen molar-refractivity contribution < 1.29 is 4.39 Å². The van der Waals surface area contributed by atoms with Crippen molar-refractivity contribution in [3.8, 4) is 22.5 Å². The second-order valence-corrected chi connectivity index (χ2v) is 8.62. The highest BCUT2D eigenvalue weighted by Gasteiger charge is 2.15. The molecule has 0 bridgehead atoms. The van der Waals surface area contributed by atoms with E-state index in [9.17, 15) is 4.39 Å². The summed E-state index contributed by atoms with van der Waals surface area (Å²) in [5.41, 5.74) is 8.79. The van der Waals surface area contributed by atoms with Crippen LogP contribution in [-0.4, -0.2) is 33.3 Å². The van der Waals surface area contributed by atoms with E-state index in [0.29, 0.717) is 0 Å². The molecular formula is C30H28FN5. The highest BCUT2D eigenvalue weighted by Crippen LogP contribution is 2.34. The number of rotatable bonds is 8. The summed E-state index contributed by atoms with van der Waals surface area (Å²) < 4.78 is 13.5. The molecule has 3 N–H and O–H groups in total. The molecule has 180 valence electrons. The van der Waals surface area contributed by atoms with E-state index in [1.807, 2.05) is 19.2 Å². The molecule has 5 aromatic rings. The molecule has 0 amide bonds. The Labute approximate surface area is 209 Å². The van der Waals surface area contributed by atoms with Crippen molar-refractivity contribution >= 4 is 27.4 Å². The number of benzene rings is 2. The summed E-state index contributed by atoms with van der Waals surface area (Å²) >= 11 is 0. The zero-order valence-corrected chi connectivity index (χ0v) is 20.4. The molecule has 0 saturated carbocycles. The van der Waals surface area contributed by atoms with Crippen LogP contribution in [0.5, 0.6) is 0 Å². The Morgan fingerprint density at radius 1 is 1.06 bits per heavy atom. The van der Waals surface area contributed by atoms with Gasteiger partial charge in [-0.2, -0.15) is 5.10 Å². The normalized spacial score (nSPS) is 12.5. The molecule has 5 rings (SSSR count). The number of hydrogen-bond donors (Lipinski definition) is 3. The fraction of sp³-hybridized carbons (Fsp3) is 0.133. The molecule has 0 spiro atoms. The summed E-state index contributed by atoms with van der Waals surface area (Å²) in [4.78, 5) is 7.87. The first-order valence-corrected chi connectivity index (χ1v) is 12.0. The topological polar surface area (TPSA) is 69.4 Å². The molecule has 0 atom stereocenters. The molecule has 5 nitrogen and oxygen atoms in total. The highest BCUT2D eigenvalue weighted by atomic mass is 19.1. The number of H-pyrrole nitrogens is 2. The summed E-state index contributed by atoms with van der Waals surface area (Å²) in [6.45, 7) is 9.78. The van der Waals surface area contributed by atoms with Gasteiger partial charge in [0.1, 0.15) is 11.5 Å². The number of fused-ring (bicyclic) bond motifs is 2. The standard InChI is InChI=1S/C30H28FN5/c1-4-19(16-32-6-3)13-20(5-2)22-9-12-27-25(14-22)30(36-35-27)28-15-24-26(17-33-18-29(24)34-28)21-7-10-23(31)11-8-21/h4-5,7-15,17-18,32,34H,1,6,16H2,2-3H3,(H,35,36)/b19-13+,20-5+. The van der Waals surface area contributed by atoms with Crippen LogP contribution in [0.3, 0.4) is 0 Å². The van der Waals surface area contributed by atoms with Crippen molar-refractivity contribution in [3.05, 3.63) is 103 Å². The molecule has 0 aliphatic carbocycles. The lowest BCUT2D eigenvalue weighted by Crippen LogP contribution is -2.15. The number of nitrogens with zero attached hydrogens (tertiary/aromatic N) is 2. The van der Waals surface area contributed by atoms with Gasteiger partial charge in [-0.15, -0.1) is 0 Å². The van der Waals surface area contributed by atoms with Gasteiger partial charge >= 0.3 is 0 Å². The minimum Gasteiger partial charge on any atom is -0.352 e. The largest absolute Gasteiger partial charge is 0.352 e. The van der Waals surface area contributed by atoms with Gasteiger partial charge < -0.3 is 10.3 Å². The van der Waals surface area contributed by atoms with E-state index in [0.717, 1.165) is 74.1 Å². The van der Waals surface area contributed by atoms with Crippen LogP contribution >= 0.6 is 0 Å². The fourth-order valence-electron chi connectivity index (χ4n) is 4.42. The molecule has 0 radical (unpaired) electrons. The van der Waals surface area contributed by atoms with E-state index in [-0.39, 0.29) is 5.82 Å². The minimum atomic E-state index is -0.260. The van der Waals surface area contributed by atoms with Gasteiger partial charge in [-0.3, -0.25) is 10.1 Å². The van der Waals surface area contributed by atoms with Crippen molar-refractivity contribution in [1.29, 1.82) is 0 Å². The van der Waals surface area contributed by atoms with Gasteiger partial charge in [-0.05, 0) is 66.1 Å². The lowest BCUT2D eigenvalue weighted by Gasteiger charge is -2.07. The first-order valence-electron chi connectivity index (χ1n) is 12.0. The molecule has 0 saturated heterocycles. The number of pyridine rings is 1. The van der Waals surface area contributed by atoms with Gasteiger partial charge in [-0.25, -0.2) is 4.39 Å². The maximum atomic E-state index is 13.5. The fourth-order valence-corrected chi connectivity index (χ4v) is 4.42. The Kier molecular flexibility index (Phi) is 6.60. The Morgan fingerprint density at radius 3 is 2.64 bits per heavy atom. The zero-order chi connectivity index (χ0) is 25.1. The third-order valence-corrected chi connectivity index (χ3v) is 6.35. The van der Waals surface area contributed by atoms with Crippen LogP contribution in [0, 0.1) is 5.82 Å². The van der Waals surface area contributed by atoms with Crippen LogP contribution in [0.2, 0.25) is 0 Å². The van der Waals surface area contributed by atoms with Crippen LogP contribution in [0.4, 0.5) is 4.39 Å². The van der Waals surface area contributed by atoms with Gasteiger partial charge in [0.25, 0.3) is 0 Å². The van der Waals surface area contributed by atoms with E-state index in [1.54, 1.807) is 18.3 Å². The average molecular weight is 478 g/mol. The number of aromatic amines is 2. The molecule has 0 fully saturated rings. The number of allylic oxidation sites excluding steroid dienone is 3. The predicted molar refractivity (Wildman–Crippen MR) is 147 cm³/mol. The smallest absolute Gasteiger partial charge is 0.123 e. The second-order valence-electron chi connectivity index (χ2n) is 8.62. The Hall–Kier alpha value is -4.29. The van der Waals surface area contributed by atoms with E-state index in [1.165, 1.54) is 12.1 Å². The monoisotopic (exact) mass is 477 g/mol. The molecule has 0 unspecified atom stereocenters. The molecule has 36 heavy (non-hydrogen) atoms. The molecule has 3 aromatic heterocycles. The van der Waals surface area contributed by atoms with Crippen LogP contribution in [0.25, 0.3) is 49.9 Å². The maximum absolute atomic E-state index is 13.5. The summed E-state index contributed by atoms with van der Waals surface area (Å²) in [5.74, 6) is -0.260. The van der Waals surface area contributed by atoms with Gasteiger partial charge in [0.15, 0.2) is 0 Å². The predicted octanol–water partition coefficient (Wildman–Crippen LogP) is 7.04. The molecule has 3 heterocycles. The number of likely N-dealkylation sites (N-methyl/N-ethyl adjacent to an activating group) is 1. The Morgan fingerprint density at radius 2 is 1.89 bits per heavy atom. The number of hydrogen-bond acceptors (Lipinski definition) is 3. The van der Waals surface area contributed by atoms with Gasteiger partial charge in [0, 0.05) is 29.1 Å². The molecule has 6 heteroatoms. The summed E-state index contributed by atoms with van der Waals surface area (Å²) in [6, 6.07) is 14.9. The van der Waals surface area contributed by atoms with Crippen molar-refractivity contribution in [2.75, 3.05) is 13.1 Å². The van der Waals surface area contributed by atoms with E-state index in [4.69, 9.17) is 0 Å². The summed E-state index contributed by atoms with van der Waals surface area (Å²) in [7, 11) is 0. The highest BCUT2D eigenvalue weighted by molar-refractivity contribution is 6.01. The number of halogens is 1. The van der Waals surface area contributed by atoms with Gasteiger partial charge in [0.2, 0.25) is 0 Å². The van der Waals surface area contributed by atoms with Crippen LogP contribution < -0.4 is 5.32 Å². The second kappa shape index (κ2) is 10.1. The number of aromatic nitrogens is 4. The first kappa shape index (κ1) is 23.5. The van der Waals surface area contributed by atoms with Crippen molar-refractivity contribution in [2.45, 2.75) is 13.8 Å².